The monoisotopic (exact) mass is 194 g/mol. The molecule has 14 heavy (non-hydrogen) atoms. The first-order valence-electron chi connectivity index (χ1n) is 4.28. The summed E-state index contributed by atoms with van der Waals surface area (Å²) in [7, 11) is 0. The van der Waals surface area contributed by atoms with Gasteiger partial charge in [0.2, 0.25) is 0 Å². The maximum Gasteiger partial charge on any atom is 0.327 e. The lowest BCUT2D eigenvalue weighted by atomic mass is 10.4. The van der Waals surface area contributed by atoms with Crippen LogP contribution in [0.1, 0.15) is 19.9 Å². The highest BCUT2D eigenvalue weighted by Crippen LogP contribution is 2.09. The number of nitrogens with zero attached hydrogens (tertiary/aromatic N) is 2. The first-order valence-corrected chi connectivity index (χ1v) is 4.28. The van der Waals surface area contributed by atoms with E-state index in [2.05, 4.69) is 15.0 Å². The number of H-pyrrole nitrogens is 2. The van der Waals surface area contributed by atoms with E-state index in [1.54, 1.807) is 10.9 Å². The molecule has 2 aromatic rings. The molecule has 0 aromatic carbocycles. The van der Waals surface area contributed by atoms with Crippen LogP contribution in [0.2, 0.25) is 0 Å². The van der Waals surface area contributed by atoms with Crippen molar-refractivity contribution in [2.45, 2.75) is 19.9 Å². The normalized spacial score (nSPS) is 11.4. The highest BCUT2D eigenvalue weighted by molar-refractivity contribution is 5.68. The summed E-state index contributed by atoms with van der Waals surface area (Å²) < 4.78 is 1.71. The van der Waals surface area contributed by atoms with Gasteiger partial charge >= 0.3 is 5.69 Å². The van der Waals surface area contributed by atoms with Crippen LogP contribution < -0.4 is 11.2 Å². The molecule has 0 aliphatic carbocycles. The van der Waals surface area contributed by atoms with Crippen LogP contribution in [0.3, 0.4) is 0 Å². The number of rotatable bonds is 1. The molecule has 0 unspecified atom stereocenters. The summed E-state index contributed by atoms with van der Waals surface area (Å²) in [5, 5.41) is 0. The predicted octanol–water partition coefficient (Wildman–Crippen LogP) is -0.00620. The molecule has 0 amide bonds. The molecule has 0 saturated carbocycles. The van der Waals surface area contributed by atoms with Gasteiger partial charge in [0.05, 0.1) is 6.33 Å². The lowest BCUT2D eigenvalue weighted by molar-refractivity contribution is 0.615. The summed E-state index contributed by atoms with van der Waals surface area (Å²) in [6, 6.07) is 0.131. The van der Waals surface area contributed by atoms with Gasteiger partial charge in [-0.2, -0.15) is 0 Å². The lowest BCUT2D eigenvalue weighted by Gasteiger charge is -2.05. The molecule has 2 heterocycles. The molecular formula is C8H10N4O2. The van der Waals surface area contributed by atoms with Crippen LogP contribution >= 0.6 is 0 Å². The zero-order valence-corrected chi connectivity index (χ0v) is 7.87. The fourth-order valence-electron chi connectivity index (χ4n) is 1.37. The molecule has 2 aromatic heterocycles. The minimum absolute atomic E-state index is 0.131. The minimum atomic E-state index is -0.531. The Kier molecular flexibility index (Phi) is 1.77. The van der Waals surface area contributed by atoms with Gasteiger partial charge < -0.3 is 4.57 Å². The number of aromatic nitrogens is 4. The molecule has 0 fully saturated rings. The van der Waals surface area contributed by atoms with Crippen molar-refractivity contribution in [3.8, 4) is 0 Å². The second-order valence-corrected chi connectivity index (χ2v) is 3.35. The fraction of sp³-hybridized carbons (Fsp3) is 0.375. The molecule has 0 aliphatic rings. The lowest BCUT2D eigenvalue weighted by Crippen LogP contribution is -2.23. The van der Waals surface area contributed by atoms with Gasteiger partial charge in [-0.1, -0.05) is 0 Å². The largest absolute Gasteiger partial charge is 0.327 e. The molecule has 2 rings (SSSR count). The van der Waals surface area contributed by atoms with Gasteiger partial charge in [-0.15, -0.1) is 0 Å². The number of hydrogen-bond acceptors (Lipinski definition) is 3. The van der Waals surface area contributed by atoms with Gasteiger partial charge in [-0.25, -0.2) is 9.78 Å². The highest BCUT2D eigenvalue weighted by atomic mass is 16.2. The van der Waals surface area contributed by atoms with Crippen molar-refractivity contribution in [1.82, 2.24) is 19.5 Å². The molecular weight excluding hydrogens is 184 g/mol. The maximum absolute atomic E-state index is 11.4. The molecule has 0 bridgehead atoms. The fourth-order valence-corrected chi connectivity index (χ4v) is 1.37. The molecule has 0 aliphatic heterocycles. The molecule has 6 heteroatoms. The molecule has 2 N–H and O–H groups in total. The number of fused-ring (bicyclic) bond motifs is 1. The van der Waals surface area contributed by atoms with Crippen LogP contribution in [0.4, 0.5) is 0 Å². The topological polar surface area (TPSA) is 83.5 Å². The zero-order valence-electron chi connectivity index (χ0n) is 7.87. The summed E-state index contributed by atoms with van der Waals surface area (Å²) in [5.74, 6) is 0. The van der Waals surface area contributed by atoms with Crippen molar-refractivity contribution in [3.63, 3.8) is 0 Å². The van der Waals surface area contributed by atoms with E-state index in [1.165, 1.54) is 0 Å². The molecule has 74 valence electrons. The first-order chi connectivity index (χ1) is 6.59. The summed E-state index contributed by atoms with van der Waals surface area (Å²) >= 11 is 0. The van der Waals surface area contributed by atoms with Crippen molar-refractivity contribution in [3.05, 3.63) is 27.2 Å². The van der Waals surface area contributed by atoms with Crippen LogP contribution in [-0.4, -0.2) is 19.5 Å². The van der Waals surface area contributed by atoms with Crippen LogP contribution in [0, 0.1) is 0 Å². The summed E-state index contributed by atoms with van der Waals surface area (Å²) in [6.45, 7) is 3.87. The van der Waals surface area contributed by atoms with Crippen molar-refractivity contribution < 1.29 is 0 Å². The van der Waals surface area contributed by atoms with Gasteiger partial charge in [-0.05, 0) is 13.8 Å². The van der Waals surface area contributed by atoms with Crippen LogP contribution in [0.5, 0.6) is 0 Å². The Bertz CT molecular complexity index is 575. The molecule has 0 spiro atoms. The van der Waals surface area contributed by atoms with Crippen molar-refractivity contribution >= 4 is 11.2 Å². The SMILES string of the molecule is CC(C)n1cnc2[nH]c(=O)[nH]c(=O)c21. The van der Waals surface area contributed by atoms with Gasteiger partial charge in [-0.3, -0.25) is 14.8 Å². The average Bonchev–Trinajstić information content (AvgIpc) is 2.47. The number of nitrogens with one attached hydrogen (secondary N) is 2. The summed E-state index contributed by atoms with van der Waals surface area (Å²) in [4.78, 5) is 31.0. The van der Waals surface area contributed by atoms with Crippen molar-refractivity contribution in [1.29, 1.82) is 0 Å². The molecule has 6 nitrogen and oxygen atoms in total. The Morgan fingerprint density at radius 3 is 2.71 bits per heavy atom. The van der Waals surface area contributed by atoms with E-state index < -0.39 is 11.2 Å². The van der Waals surface area contributed by atoms with Gasteiger partial charge in [0.1, 0.15) is 0 Å². The van der Waals surface area contributed by atoms with Crippen molar-refractivity contribution in [2.75, 3.05) is 0 Å². The smallest absolute Gasteiger partial charge is 0.322 e. The van der Waals surface area contributed by atoms with Gasteiger partial charge in [0, 0.05) is 6.04 Å². The minimum Gasteiger partial charge on any atom is -0.322 e. The first kappa shape index (κ1) is 8.74. The zero-order chi connectivity index (χ0) is 10.3. The maximum atomic E-state index is 11.4. The highest BCUT2D eigenvalue weighted by Gasteiger charge is 2.09. The van der Waals surface area contributed by atoms with E-state index in [4.69, 9.17) is 0 Å². The van der Waals surface area contributed by atoms with Gasteiger partial charge in [0.15, 0.2) is 11.2 Å². The Hall–Kier alpha value is -1.85. The van der Waals surface area contributed by atoms with E-state index in [1.807, 2.05) is 13.8 Å². The Labute approximate surface area is 78.6 Å². The molecule has 0 radical (unpaired) electrons. The standard InChI is InChI=1S/C8H10N4O2/c1-4(2)12-3-9-6-5(12)7(13)11-8(14)10-6/h3-4H,1-2H3,(H2,10,11,13,14). The second kappa shape index (κ2) is 2.83. The third kappa shape index (κ3) is 1.15. The third-order valence-electron chi connectivity index (χ3n) is 2.02. The number of aromatic amines is 2. The van der Waals surface area contributed by atoms with E-state index in [9.17, 15) is 9.59 Å². The van der Waals surface area contributed by atoms with Gasteiger partial charge in [0.25, 0.3) is 5.56 Å². The summed E-state index contributed by atoms with van der Waals surface area (Å²) in [5.41, 5.74) is -0.210. The predicted molar refractivity (Wildman–Crippen MR) is 51.4 cm³/mol. The van der Waals surface area contributed by atoms with E-state index >= 15 is 0 Å². The molecule has 0 atom stereocenters. The van der Waals surface area contributed by atoms with Crippen LogP contribution in [0.25, 0.3) is 11.2 Å². The second-order valence-electron chi connectivity index (χ2n) is 3.35. The number of hydrogen-bond donors (Lipinski definition) is 2. The average molecular weight is 194 g/mol. The van der Waals surface area contributed by atoms with E-state index in [0.717, 1.165) is 0 Å². The van der Waals surface area contributed by atoms with E-state index in [-0.39, 0.29) is 6.04 Å². The number of imidazole rings is 1. The molecule has 0 saturated heterocycles. The Balaban J connectivity index is 2.93. The quantitative estimate of drug-likeness (QED) is 0.669. The van der Waals surface area contributed by atoms with Crippen molar-refractivity contribution in [2.24, 2.45) is 0 Å². The Morgan fingerprint density at radius 2 is 2.07 bits per heavy atom. The Morgan fingerprint density at radius 1 is 1.36 bits per heavy atom. The van der Waals surface area contributed by atoms with Crippen LogP contribution in [-0.2, 0) is 0 Å². The third-order valence-corrected chi connectivity index (χ3v) is 2.02. The van der Waals surface area contributed by atoms with Crippen LogP contribution in [0.15, 0.2) is 15.9 Å². The van der Waals surface area contributed by atoms with E-state index in [0.29, 0.717) is 11.2 Å². The summed E-state index contributed by atoms with van der Waals surface area (Å²) in [6.07, 6.45) is 1.54.